The summed E-state index contributed by atoms with van der Waals surface area (Å²) in [7, 11) is 0. The number of benzene rings is 1. The van der Waals surface area contributed by atoms with Crippen molar-refractivity contribution in [1.29, 1.82) is 5.26 Å². The van der Waals surface area contributed by atoms with Crippen LogP contribution in [-0.2, 0) is 4.79 Å². The molecule has 1 spiro atoms. The third-order valence-corrected chi connectivity index (χ3v) is 4.36. The van der Waals surface area contributed by atoms with Gasteiger partial charge in [0.05, 0.1) is 17.0 Å². The number of amides is 1. The second-order valence-electron chi connectivity index (χ2n) is 5.40. The summed E-state index contributed by atoms with van der Waals surface area (Å²) >= 11 is 0. The molecule has 2 saturated heterocycles. The number of nitrogens with zero attached hydrogens (tertiary/aromatic N) is 2. The van der Waals surface area contributed by atoms with Gasteiger partial charge >= 0.3 is 0 Å². The smallest absolute Gasteiger partial charge is 0.233 e. The number of halogens is 1. The molecule has 106 valence electrons. The van der Waals surface area contributed by atoms with E-state index in [4.69, 9.17) is 5.26 Å². The molecule has 20 heavy (non-hydrogen) atoms. The summed E-state index contributed by atoms with van der Waals surface area (Å²) in [6.45, 7) is 2.63. The maximum atomic E-state index is 12.7. The Morgan fingerprint density at radius 1 is 1.25 bits per heavy atom. The first-order valence-electron chi connectivity index (χ1n) is 6.78. The van der Waals surface area contributed by atoms with Crippen molar-refractivity contribution in [2.75, 3.05) is 24.5 Å². The highest BCUT2D eigenvalue weighted by Crippen LogP contribution is 2.41. The summed E-state index contributed by atoms with van der Waals surface area (Å²) in [5.74, 6) is 0.240. The predicted molar refractivity (Wildman–Crippen MR) is 79.9 cm³/mol. The Morgan fingerprint density at radius 2 is 2.00 bits per heavy atom. The summed E-state index contributed by atoms with van der Waals surface area (Å²) < 4.78 is 0. The summed E-state index contributed by atoms with van der Waals surface area (Å²) in [4.78, 5) is 14.6. The largest absolute Gasteiger partial charge is 0.317 e. The van der Waals surface area contributed by atoms with Crippen LogP contribution in [0.1, 0.15) is 24.8 Å². The number of nitriles is 1. The minimum absolute atomic E-state index is 0. The number of carbonyl (C=O) groups excluding carboxylic acids is 1. The highest BCUT2D eigenvalue weighted by molar-refractivity contribution is 6.00. The van der Waals surface area contributed by atoms with Crippen LogP contribution in [0.25, 0.3) is 0 Å². The third kappa shape index (κ3) is 2.39. The third-order valence-electron chi connectivity index (χ3n) is 4.36. The summed E-state index contributed by atoms with van der Waals surface area (Å²) in [5.41, 5.74) is 1.31. The zero-order chi connectivity index (χ0) is 13.3. The van der Waals surface area contributed by atoms with Gasteiger partial charge in [-0.1, -0.05) is 6.07 Å². The molecule has 0 bridgehead atoms. The van der Waals surface area contributed by atoms with E-state index in [2.05, 4.69) is 11.4 Å². The number of hydrogen-bond acceptors (Lipinski definition) is 3. The minimum atomic E-state index is -0.159. The molecule has 0 saturated carbocycles. The molecule has 3 rings (SSSR count). The first-order valence-corrected chi connectivity index (χ1v) is 6.78. The number of anilines is 1. The van der Waals surface area contributed by atoms with E-state index in [1.165, 1.54) is 0 Å². The van der Waals surface area contributed by atoms with Crippen LogP contribution in [0.3, 0.4) is 0 Å². The Bertz CT molecular complexity index is 546. The van der Waals surface area contributed by atoms with Gasteiger partial charge in [0.15, 0.2) is 0 Å². The number of carbonyl (C=O) groups is 1. The van der Waals surface area contributed by atoms with Gasteiger partial charge in [0.1, 0.15) is 0 Å². The van der Waals surface area contributed by atoms with Crippen molar-refractivity contribution in [3.05, 3.63) is 29.8 Å². The standard InChI is InChI=1S/C15H17N3O.ClH/c16-11-12-2-1-3-13(10-12)18-9-6-15(14(18)19)4-7-17-8-5-15;/h1-3,10,17H,4-9H2;1H. The van der Waals surface area contributed by atoms with Crippen LogP contribution in [0.4, 0.5) is 5.69 Å². The molecule has 0 aliphatic carbocycles. The van der Waals surface area contributed by atoms with Crippen LogP contribution in [0, 0.1) is 16.7 Å². The van der Waals surface area contributed by atoms with Gasteiger partial charge in [-0.3, -0.25) is 4.79 Å². The zero-order valence-electron chi connectivity index (χ0n) is 11.3. The molecule has 2 aliphatic rings. The Labute approximate surface area is 125 Å². The Hall–Kier alpha value is -1.57. The molecular formula is C15H18ClN3O. The van der Waals surface area contributed by atoms with Crippen molar-refractivity contribution in [1.82, 2.24) is 5.32 Å². The maximum absolute atomic E-state index is 12.7. The van der Waals surface area contributed by atoms with Crippen LogP contribution < -0.4 is 10.2 Å². The number of rotatable bonds is 1. The lowest BCUT2D eigenvalue weighted by Gasteiger charge is -2.32. The molecule has 0 aromatic heterocycles. The first kappa shape index (κ1) is 14.8. The van der Waals surface area contributed by atoms with Crippen molar-refractivity contribution in [2.24, 2.45) is 5.41 Å². The Balaban J connectivity index is 0.00000147. The van der Waals surface area contributed by atoms with E-state index < -0.39 is 0 Å². The Kier molecular flexibility index (Phi) is 4.32. The monoisotopic (exact) mass is 291 g/mol. The van der Waals surface area contributed by atoms with Crippen molar-refractivity contribution in [3.8, 4) is 6.07 Å². The molecule has 1 aromatic carbocycles. The predicted octanol–water partition coefficient (Wildman–Crippen LogP) is 2.09. The summed E-state index contributed by atoms with van der Waals surface area (Å²) in [5, 5.41) is 12.3. The quantitative estimate of drug-likeness (QED) is 0.862. The van der Waals surface area contributed by atoms with Crippen molar-refractivity contribution >= 4 is 24.0 Å². The molecule has 0 atom stereocenters. The fraction of sp³-hybridized carbons (Fsp3) is 0.467. The van der Waals surface area contributed by atoms with Crippen molar-refractivity contribution < 1.29 is 4.79 Å². The van der Waals surface area contributed by atoms with Crippen molar-refractivity contribution in [3.63, 3.8) is 0 Å². The van der Waals surface area contributed by atoms with Gasteiger partial charge in [-0.15, -0.1) is 12.4 Å². The fourth-order valence-electron chi connectivity index (χ4n) is 3.18. The lowest BCUT2D eigenvalue weighted by Crippen LogP contribution is -2.42. The van der Waals surface area contributed by atoms with E-state index in [1.54, 1.807) is 12.1 Å². The number of nitrogens with one attached hydrogen (secondary N) is 1. The van der Waals surface area contributed by atoms with E-state index in [9.17, 15) is 4.79 Å². The van der Waals surface area contributed by atoms with Crippen LogP contribution >= 0.6 is 12.4 Å². The lowest BCUT2D eigenvalue weighted by atomic mass is 9.78. The topological polar surface area (TPSA) is 56.1 Å². The Morgan fingerprint density at radius 3 is 2.70 bits per heavy atom. The molecule has 1 amide bonds. The van der Waals surface area contributed by atoms with Gasteiger partial charge in [-0.25, -0.2) is 0 Å². The molecule has 5 heteroatoms. The summed E-state index contributed by atoms with van der Waals surface area (Å²) in [6.07, 6.45) is 2.80. The molecular weight excluding hydrogens is 274 g/mol. The molecule has 1 N–H and O–H groups in total. The molecule has 0 radical (unpaired) electrons. The van der Waals surface area contributed by atoms with Crippen LogP contribution in [-0.4, -0.2) is 25.5 Å². The molecule has 0 unspecified atom stereocenters. The lowest BCUT2D eigenvalue weighted by molar-refractivity contribution is -0.126. The average molecular weight is 292 g/mol. The fourth-order valence-corrected chi connectivity index (χ4v) is 3.18. The second kappa shape index (κ2) is 5.82. The molecule has 2 aliphatic heterocycles. The molecule has 2 heterocycles. The highest BCUT2D eigenvalue weighted by Gasteiger charge is 2.47. The highest BCUT2D eigenvalue weighted by atomic mass is 35.5. The zero-order valence-corrected chi connectivity index (χ0v) is 12.1. The van der Waals surface area contributed by atoms with Gasteiger partial charge in [0, 0.05) is 12.2 Å². The number of hydrogen-bond donors (Lipinski definition) is 1. The van der Waals surface area contributed by atoms with Gasteiger partial charge < -0.3 is 10.2 Å². The van der Waals surface area contributed by atoms with Crippen LogP contribution in [0.5, 0.6) is 0 Å². The van der Waals surface area contributed by atoms with E-state index in [1.807, 2.05) is 17.0 Å². The van der Waals surface area contributed by atoms with Crippen LogP contribution in [0.15, 0.2) is 24.3 Å². The van der Waals surface area contributed by atoms with Gasteiger partial charge in [-0.2, -0.15) is 5.26 Å². The number of piperidine rings is 1. The first-order chi connectivity index (χ1) is 9.25. The average Bonchev–Trinajstić information content (AvgIpc) is 2.77. The molecule has 4 nitrogen and oxygen atoms in total. The molecule has 2 fully saturated rings. The van der Waals surface area contributed by atoms with E-state index in [0.29, 0.717) is 5.56 Å². The molecule has 1 aromatic rings. The van der Waals surface area contributed by atoms with E-state index >= 15 is 0 Å². The van der Waals surface area contributed by atoms with Gasteiger partial charge in [0.2, 0.25) is 5.91 Å². The van der Waals surface area contributed by atoms with E-state index in [0.717, 1.165) is 44.6 Å². The maximum Gasteiger partial charge on any atom is 0.233 e. The van der Waals surface area contributed by atoms with Gasteiger partial charge in [0.25, 0.3) is 0 Å². The summed E-state index contributed by atoms with van der Waals surface area (Å²) in [6, 6.07) is 9.46. The van der Waals surface area contributed by atoms with Crippen LogP contribution in [0.2, 0.25) is 0 Å². The van der Waals surface area contributed by atoms with Crippen molar-refractivity contribution in [2.45, 2.75) is 19.3 Å². The SMILES string of the molecule is Cl.N#Cc1cccc(N2CCC3(CCNCC3)C2=O)c1. The second-order valence-corrected chi connectivity index (χ2v) is 5.40. The normalized spacial score (nSPS) is 20.6. The van der Waals surface area contributed by atoms with Gasteiger partial charge in [-0.05, 0) is 50.6 Å². The van der Waals surface area contributed by atoms with E-state index in [-0.39, 0.29) is 23.7 Å². The minimum Gasteiger partial charge on any atom is -0.317 e.